The number of carbonyl (C=O) groups is 2. The minimum atomic E-state index is -0.578. The van der Waals surface area contributed by atoms with Gasteiger partial charge in [-0.3, -0.25) is 9.59 Å². The molecule has 1 unspecified atom stereocenters. The largest absolute Gasteiger partial charge is 0.479 e. The number of carbonyl (C=O) groups excluding carboxylic acids is 2. The number of amides is 2. The second kappa shape index (κ2) is 7.68. The van der Waals surface area contributed by atoms with Gasteiger partial charge in [0.1, 0.15) is 5.75 Å². The van der Waals surface area contributed by atoms with Crippen molar-refractivity contribution in [2.45, 2.75) is 19.6 Å². The molecule has 2 aliphatic rings. The van der Waals surface area contributed by atoms with Gasteiger partial charge < -0.3 is 24.4 Å². The summed E-state index contributed by atoms with van der Waals surface area (Å²) in [6, 6.07) is 20.1. The maximum Gasteiger partial charge on any atom is 0.268 e. The van der Waals surface area contributed by atoms with Crippen LogP contribution in [0.3, 0.4) is 0 Å². The minimum Gasteiger partial charge on any atom is -0.479 e. The number of ether oxygens (including phenoxy) is 3. The Bertz CT molecular complexity index is 1160. The molecular formula is C24H20N2O5. The third-order valence-electron chi connectivity index (χ3n) is 5.24. The predicted octanol–water partition coefficient (Wildman–Crippen LogP) is 3.98. The van der Waals surface area contributed by atoms with E-state index in [0.29, 0.717) is 40.7 Å². The van der Waals surface area contributed by atoms with Crippen LogP contribution in [0.15, 0.2) is 66.7 Å². The molecule has 3 aromatic rings. The second-order valence-corrected chi connectivity index (χ2v) is 7.37. The molecule has 0 saturated heterocycles. The summed E-state index contributed by atoms with van der Waals surface area (Å²) in [5.41, 5.74) is 2.63. The maximum absolute atomic E-state index is 12.8. The van der Waals surface area contributed by atoms with Crippen molar-refractivity contribution in [2.24, 2.45) is 0 Å². The normalized spacial score (nSPS) is 16.5. The van der Waals surface area contributed by atoms with E-state index in [0.717, 1.165) is 5.56 Å². The zero-order chi connectivity index (χ0) is 21.4. The fourth-order valence-corrected chi connectivity index (χ4v) is 3.65. The van der Waals surface area contributed by atoms with Gasteiger partial charge in [0.25, 0.3) is 11.8 Å². The molecule has 31 heavy (non-hydrogen) atoms. The van der Waals surface area contributed by atoms with Gasteiger partial charge >= 0.3 is 0 Å². The first kappa shape index (κ1) is 19.0. The molecule has 0 aliphatic carbocycles. The monoisotopic (exact) mass is 416 g/mol. The minimum absolute atomic E-state index is 0.129. The number of nitrogens with one attached hydrogen (secondary N) is 1. The van der Waals surface area contributed by atoms with E-state index in [4.69, 9.17) is 14.2 Å². The Labute approximate surface area is 179 Å². The van der Waals surface area contributed by atoms with Gasteiger partial charge in [-0.2, -0.15) is 0 Å². The Kier molecular flexibility index (Phi) is 4.71. The molecule has 0 fully saturated rings. The number of rotatable bonds is 4. The van der Waals surface area contributed by atoms with Gasteiger partial charge in [-0.05, 0) is 48.9 Å². The van der Waals surface area contributed by atoms with Crippen LogP contribution >= 0.6 is 0 Å². The summed E-state index contributed by atoms with van der Waals surface area (Å²) in [5, 5.41) is 2.88. The van der Waals surface area contributed by atoms with Crippen LogP contribution in [-0.4, -0.2) is 24.7 Å². The number of benzene rings is 3. The van der Waals surface area contributed by atoms with Crippen LogP contribution < -0.4 is 24.4 Å². The zero-order valence-electron chi connectivity index (χ0n) is 16.8. The van der Waals surface area contributed by atoms with E-state index in [9.17, 15) is 9.59 Å². The first-order valence-electron chi connectivity index (χ1n) is 9.95. The third kappa shape index (κ3) is 3.66. The van der Waals surface area contributed by atoms with E-state index in [1.54, 1.807) is 48.2 Å². The molecule has 0 saturated carbocycles. The van der Waals surface area contributed by atoms with Crippen LogP contribution in [-0.2, 0) is 11.3 Å². The molecule has 3 aromatic carbocycles. The lowest BCUT2D eigenvalue weighted by atomic mass is 10.1. The molecule has 5 rings (SSSR count). The van der Waals surface area contributed by atoms with Crippen LogP contribution in [0.2, 0.25) is 0 Å². The highest BCUT2D eigenvalue weighted by atomic mass is 16.7. The number of nitrogens with zero attached hydrogens (tertiary/aromatic N) is 1. The Morgan fingerprint density at radius 1 is 1.00 bits per heavy atom. The van der Waals surface area contributed by atoms with Gasteiger partial charge in [-0.15, -0.1) is 0 Å². The van der Waals surface area contributed by atoms with Crippen LogP contribution in [0.4, 0.5) is 11.4 Å². The summed E-state index contributed by atoms with van der Waals surface area (Å²) in [7, 11) is 0. The van der Waals surface area contributed by atoms with Crippen LogP contribution in [0.25, 0.3) is 0 Å². The predicted molar refractivity (Wildman–Crippen MR) is 115 cm³/mol. The molecule has 0 bridgehead atoms. The topological polar surface area (TPSA) is 77.1 Å². The fourth-order valence-electron chi connectivity index (χ4n) is 3.65. The first-order chi connectivity index (χ1) is 15.1. The molecule has 7 heteroatoms. The van der Waals surface area contributed by atoms with Crippen LogP contribution in [0, 0.1) is 0 Å². The summed E-state index contributed by atoms with van der Waals surface area (Å²) in [6.45, 7) is 2.30. The maximum atomic E-state index is 12.8. The molecule has 0 spiro atoms. The molecule has 0 aromatic heterocycles. The standard InChI is InChI=1S/C24H20N2O5/c1-15-24(28)26(13-16-5-3-2-4-6-16)19-12-18(8-10-20(19)31-15)25-23(27)17-7-9-21-22(11-17)30-14-29-21/h2-12,15H,13-14H2,1H3,(H,25,27). The fraction of sp³-hybridized carbons (Fsp3) is 0.167. The first-order valence-corrected chi connectivity index (χ1v) is 9.95. The summed E-state index contributed by atoms with van der Waals surface area (Å²) in [6.07, 6.45) is -0.578. The quantitative estimate of drug-likeness (QED) is 0.696. The Hall–Kier alpha value is -4.00. The second-order valence-electron chi connectivity index (χ2n) is 7.37. The Morgan fingerprint density at radius 2 is 1.77 bits per heavy atom. The lowest BCUT2D eigenvalue weighted by Crippen LogP contribution is -2.44. The number of hydrogen-bond acceptors (Lipinski definition) is 5. The van der Waals surface area contributed by atoms with Gasteiger partial charge in [0.2, 0.25) is 6.79 Å². The van der Waals surface area contributed by atoms with E-state index in [2.05, 4.69) is 5.32 Å². The van der Waals surface area contributed by atoms with Gasteiger partial charge in [0.05, 0.1) is 12.2 Å². The molecule has 2 aliphatic heterocycles. The van der Waals surface area contributed by atoms with Crippen LogP contribution in [0.1, 0.15) is 22.8 Å². The molecule has 1 N–H and O–H groups in total. The average Bonchev–Trinajstić information content (AvgIpc) is 3.26. The Morgan fingerprint density at radius 3 is 2.61 bits per heavy atom. The van der Waals surface area contributed by atoms with Crippen LogP contribution in [0.5, 0.6) is 17.2 Å². The van der Waals surface area contributed by atoms with E-state index in [1.807, 2.05) is 30.3 Å². The van der Waals surface area contributed by atoms with Crippen molar-refractivity contribution < 1.29 is 23.8 Å². The number of fused-ring (bicyclic) bond motifs is 2. The lowest BCUT2D eigenvalue weighted by Gasteiger charge is -2.33. The van der Waals surface area contributed by atoms with Crippen molar-refractivity contribution in [3.8, 4) is 17.2 Å². The van der Waals surface area contributed by atoms with E-state index in [1.165, 1.54) is 0 Å². The highest BCUT2D eigenvalue weighted by Crippen LogP contribution is 2.38. The average molecular weight is 416 g/mol. The third-order valence-corrected chi connectivity index (χ3v) is 5.24. The zero-order valence-corrected chi connectivity index (χ0v) is 16.8. The highest BCUT2D eigenvalue weighted by Gasteiger charge is 2.32. The van der Waals surface area contributed by atoms with E-state index < -0.39 is 6.10 Å². The van der Waals surface area contributed by atoms with E-state index in [-0.39, 0.29) is 18.6 Å². The highest BCUT2D eigenvalue weighted by molar-refractivity contribution is 6.06. The molecule has 156 valence electrons. The summed E-state index contributed by atoms with van der Waals surface area (Å²) < 4.78 is 16.4. The van der Waals surface area contributed by atoms with Crippen molar-refractivity contribution in [1.29, 1.82) is 0 Å². The molecule has 2 heterocycles. The summed E-state index contributed by atoms with van der Waals surface area (Å²) in [4.78, 5) is 27.3. The van der Waals surface area contributed by atoms with Gasteiger partial charge in [0, 0.05) is 11.3 Å². The smallest absolute Gasteiger partial charge is 0.268 e. The van der Waals surface area contributed by atoms with Crippen molar-refractivity contribution in [2.75, 3.05) is 17.0 Å². The number of hydrogen-bond donors (Lipinski definition) is 1. The molecule has 0 radical (unpaired) electrons. The van der Waals surface area contributed by atoms with E-state index >= 15 is 0 Å². The van der Waals surface area contributed by atoms with Gasteiger partial charge in [0.15, 0.2) is 17.6 Å². The van der Waals surface area contributed by atoms with Crippen molar-refractivity contribution in [3.05, 3.63) is 77.9 Å². The van der Waals surface area contributed by atoms with Gasteiger partial charge in [-0.25, -0.2) is 0 Å². The van der Waals surface area contributed by atoms with Crippen molar-refractivity contribution in [1.82, 2.24) is 0 Å². The summed E-state index contributed by atoms with van der Waals surface area (Å²) >= 11 is 0. The molecule has 1 atom stereocenters. The number of anilines is 2. The Balaban J connectivity index is 1.42. The van der Waals surface area contributed by atoms with Crippen molar-refractivity contribution >= 4 is 23.2 Å². The molecular weight excluding hydrogens is 396 g/mol. The molecule has 2 amide bonds. The summed E-state index contributed by atoms with van der Waals surface area (Å²) in [5.74, 6) is 1.34. The van der Waals surface area contributed by atoms with Gasteiger partial charge in [-0.1, -0.05) is 30.3 Å². The molecule has 7 nitrogen and oxygen atoms in total. The van der Waals surface area contributed by atoms with Crippen molar-refractivity contribution in [3.63, 3.8) is 0 Å². The SMILES string of the molecule is CC1Oc2ccc(NC(=O)c3ccc4c(c3)OCO4)cc2N(Cc2ccccc2)C1=O. The lowest BCUT2D eigenvalue weighted by molar-refractivity contribution is -0.125.